The molecule has 0 saturated carbocycles. The Labute approximate surface area is 150 Å². The quantitative estimate of drug-likeness (QED) is 0.207. The molecule has 1 aromatic rings. The minimum absolute atomic E-state index is 0. The fourth-order valence-corrected chi connectivity index (χ4v) is 2.85. The van der Waals surface area contributed by atoms with Gasteiger partial charge >= 0.3 is 35.5 Å². The molecular weight excluding hydrogens is 323 g/mol. The predicted octanol–water partition coefficient (Wildman–Crippen LogP) is -1.08. The predicted molar refractivity (Wildman–Crippen MR) is 77.0 cm³/mol. The molecule has 0 N–H and O–H groups in total. The molecule has 0 aliphatic heterocycles. The van der Waals surface area contributed by atoms with Crippen molar-refractivity contribution >= 4 is 25.9 Å². The second kappa shape index (κ2) is 10.4. The van der Waals surface area contributed by atoms with Gasteiger partial charge in [0.1, 0.15) is 9.15 Å². The molecule has 5 nitrogen and oxygen atoms in total. The van der Waals surface area contributed by atoms with E-state index >= 15 is 0 Å². The van der Waals surface area contributed by atoms with Crippen LogP contribution < -0.4 is 29.6 Å². The Morgan fingerprint density at radius 1 is 1.33 bits per heavy atom. The minimum Gasteiger partial charge on any atom is -0.739 e. The molecule has 0 fully saturated rings. The number of rotatable bonds is 7. The van der Waals surface area contributed by atoms with E-state index in [0.29, 0.717) is 6.42 Å². The monoisotopic (exact) mass is 338 g/mol. The zero-order valence-electron chi connectivity index (χ0n) is 11.9. The number of hydrogen-bond acceptors (Lipinski definition) is 6. The van der Waals surface area contributed by atoms with E-state index < -0.39 is 15.1 Å². The van der Waals surface area contributed by atoms with Crippen LogP contribution >= 0.6 is 10.8 Å². The van der Waals surface area contributed by atoms with Gasteiger partial charge in [0.05, 0.1) is 7.11 Å². The number of allylic oxidation sites excluding steroid dienone is 1. The largest absolute Gasteiger partial charge is 1.00 e. The Bertz CT molecular complexity index is 569. The average molecular weight is 338 g/mol. The van der Waals surface area contributed by atoms with Crippen molar-refractivity contribution in [3.8, 4) is 0 Å². The molecule has 0 aromatic heterocycles. The van der Waals surface area contributed by atoms with Crippen molar-refractivity contribution in [3.63, 3.8) is 0 Å². The fourth-order valence-electron chi connectivity index (χ4n) is 1.53. The van der Waals surface area contributed by atoms with Gasteiger partial charge in [0.15, 0.2) is 0 Å². The normalized spacial score (nSPS) is 11.6. The first-order chi connectivity index (χ1) is 9.42. The first kappa shape index (κ1) is 20.7. The first-order valence-corrected chi connectivity index (χ1v) is 8.75. The van der Waals surface area contributed by atoms with Crippen LogP contribution in [0.15, 0.2) is 42.0 Å². The van der Waals surface area contributed by atoms with Gasteiger partial charge in [-0.05, 0) is 29.2 Å². The van der Waals surface area contributed by atoms with E-state index in [1.807, 2.05) is 30.3 Å². The van der Waals surface area contributed by atoms with Gasteiger partial charge in [-0.15, -0.1) is 0 Å². The Kier molecular flexibility index (Phi) is 10.3. The molecule has 0 heterocycles. The molecule has 0 bridgehead atoms. The number of esters is 1. The molecule has 110 valence electrons. The molecule has 0 atom stereocenters. The van der Waals surface area contributed by atoms with Gasteiger partial charge in [-0.2, -0.15) is 0 Å². The molecule has 0 aliphatic carbocycles. The average Bonchev–Trinajstić information content (AvgIpc) is 2.42. The van der Waals surface area contributed by atoms with Gasteiger partial charge in [0.2, 0.25) is 0 Å². The van der Waals surface area contributed by atoms with E-state index in [9.17, 15) is 17.8 Å². The van der Waals surface area contributed by atoms with Gasteiger partial charge in [-0.3, -0.25) is 0 Å². The van der Waals surface area contributed by atoms with Crippen molar-refractivity contribution in [1.29, 1.82) is 0 Å². The number of aryl methyl sites for hydroxylation is 1. The molecular formula is C13H15NaO5S2. The summed E-state index contributed by atoms with van der Waals surface area (Å²) in [5.74, 6) is -0.818. The van der Waals surface area contributed by atoms with Gasteiger partial charge in [0.25, 0.3) is 0 Å². The smallest absolute Gasteiger partial charge is 0.739 e. The number of carbonyl (C=O) groups is 1. The summed E-state index contributed by atoms with van der Waals surface area (Å²) in [6, 6.07) is 9.67. The van der Waals surface area contributed by atoms with Crippen LogP contribution in [0, 0.1) is 0 Å². The van der Waals surface area contributed by atoms with Crippen molar-refractivity contribution < 1.29 is 52.1 Å². The van der Waals surface area contributed by atoms with Crippen LogP contribution in [-0.2, 0) is 25.1 Å². The zero-order valence-corrected chi connectivity index (χ0v) is 15.6. The van der Waals surface area contributed by atoms with Crippen LogP contribution in [0.2, 0.25) is 0 Å². The first-order valence-electron chi connectivity index (χ1n) is 5.84. The second-order valence-corrected chi connectivity index (χ2v) is 7.19. The van der Waals surface area contributed by atoms with Gasteiger partial charge in [0, 0.05) is 11.3 Å². The van der Waals surface area contributed by atoms with Gasteiger partial charge in [-0.1, -0.05) is 36.4 Å². The topological polar surface area (TPSA) is 83.5 Å². The van der Waals surface area contributed by atoms with Crippen LogP contribution in [0.5, 0.6) is 0 Å². The van der Waals surface area contributed by atoms with Crippen molar-refractivity contribution in [2.45, 2.75) is 12.8 Å². The van der Waals surface area contributed by atoms with Crippen molar-refractivity contribution in [2.24, 2.45) is 0 Å². The van der Waals surface area contributed by atoms with E-state index in [4.69, 9.17) is 0 Å². The van der Waals surface area contributed by atoms with Crippen molar-refractivity contribution in [3.05, 3.63) is 47.5 Å². The molecule has 0 amide bonds. The van der Waals surface area contributed by atoms with E-state index in [2.05, 4.69) is 4.74 Å². The van der Waals surface area contributed by atoms with Crippen LogP contribution in [0.1, 0.15) is 12.0 Å². The van der Waals surface area contributed by atoms with E-state index in [0.717, 1.165) is 12.0 Å². The molecule has 0 aliphatic rings. The third-order valence-electron chi connectivity index (χ3n) is 2.47. The van der Waals surface area contributed by atoms with Crippen LogP contribution in [0.4, 0.5) is 0 Å². The summed E-state index contributed by atoms with van der Waals surface area (Å²) >= 11 is 0. The Morgan fingerprint density at radius 3 is 2.48 bits per heavy atom. The summed E-state index contributed by atoms with van der Waals surface area (Å²) in [6.45, 7) is 0. The van der Waals surface area contributed by atoms with Crippen molar-refractivity contribution in [1.82, 2.24) is 0 Å². The van der Waals surface area contributed by atoms with Crippen LogP contribution in [-0.4, -0.2) is 31.8 Å². The summed E-state index contributed by atoms with van der Waals surface area (Å²) in [6.07, 6.45) is 2.89. The fraction of sp³-hybridized carbons (Fsp3) is 0.308. The zero-order chi connectivity index (χ0) is 15.0. The Morgan fingerprint density at radius 2 is 1.95 bits per heavy atom. The van der Waals surface area contributed by atoms with E-state index in [-0.39, 0.29) is 51.7 Å². The summed E-state index contributed by atoms with van der Waals surface area (Å²) in [7, 11) is -3.03. The molecule has 0 saturated heterocycles. The summed E-state index contributed by atoms with van der Waals surface area (Å²) in [5, 5.41) is 0. The van der Waals surface area contributed by atoms with E-state index in [1.165, 1.54) is 7.11 Å². The maximum absolute atomic E-state index is 11.5. The summed E-state index contributed by atoms with van der Waals surface area (Å²) < 4.78 is 36.3. The number of ether oxygens (including phenoxy) is 1. The van der Waals surface area contributed by atoms with Crippen LogP contribution in [0.25, 0.3) is 0 Å². The number of hydrogen-bond donors (Lipinski definition) is 0. The van der Waals surface area contributed by atoms with Gasteiger partial charge < -0.3 is 9.29 Å². The number of methoxy groups -OCH3 is 1. The maximum atomic E-state index is 11.5. The number of carbonyl (C=O) groups excluding carboxylic acids is 1. The molecule has 1 rings (SSSR count). The Balaban J connectivity index is 0.00000400. The number of benzene rings is 1. The summed E-state index contributed by atoms with van der Waals surface area (Å²) in [5.41, 5.74) is 1.30. The Hall–Kier alpha value is -0.310. The molecule has 0 unspecified atom stereocenters. The molecule has 8 heteroatoms. The second-order valence-electron chi connectivity index (χ2n) is 3.92. The van der Waals surface area contributed by atoms with E-state index in [1.54, 1.807) is 6.08 Å². The maximum Gasteiger partial charge on any atom is 1.00 e. The third kappa shape index (κ3) is 9.34. The van der Waals surface area contributed by atoms with Crippen LogP contribution in [0.3, 0.4) is 0 Å². The van der Waals surface area contributed by atoms with Gasteiger partial charge in [-0.25, -0.2) is 13.2 Å². The standard InChI is InChI=1S/C13H16O5S2.Na/c1-18-13(14)12(10-19-20(15,16)17)9-5-8-11-6-3-2-4-7-11;/h2-4,6-7,9H,5,8,10H2,1H3,(H,15,16,17);/q;+1/p-1/b12-9+;. The summed E-state index contributed by atoms with van der Waals surface area (Å²) in [4.78, 5) is 11.5. The van der Waals surface area contributed by atoms with Crippen molar-refractivity contribution in [2.75, 3.05) is 12.9 Å². The minimum atomic E-state index is -4.42. The molecule has 0 spiro atoms. The molecule has 1 aromatic carbocycles. The SMILES string of the molecule is COC(=O)/C(=C/CCc1ccccc1)CSS(=O)(=O)[O-].[Na+]. The molecule has 0 radical (unpaired) electrons. The third-order valence-corrected chi connectivity index (χ3v) is 4.41. The molecule has 21 heavy (non-hydrogen) atoms.